The lowest BCUT2D eigenvalue weighted by Gasteiger charge is -2.31. The molecule has 0 spiro atoms. The fourth-order valence-electron chi connectivity index (χ4n) is 3.49. The number of thioether (sulfide) groups is 1. The number of halogens is 1. The van der Waals surface area contributed by atoms with Crippen LogP contribution in [0.25, 0.3) is 0 Å². The molecule has 7 nitrogen and oxygen atoms in total. The van der Waals surface area contributed by atoms with Gasteiger partial charge in [0.15, 0.2) is 0 Å². The van der Waals surface area contributed by atoms with E-state index < -0.39 is 23.7 Å². The quantitative estimate of drug-likeness (QED) is 0.308. The number of nitrogens with one attached hydrogen (secondary N) is 1. The summed E-state index contributed by atoms with van der Waals surface area (Å²) in [6.07, 6.45) is 0. The summed E-state index contributed by atoms with van der Waals surface area (Å²) in [5.74, 6) is -1.36. The Kier molecular flexibility index (Phi) is 8.42. The fraction of sp³-hybridized carbons (Fsp3) is 0.292. The Morgan fingerprint density at radius 2 is 1.94 bits per heavy atom. The van der Waals surface area contributed by atoms with E-state index in [0.717, 1.165) is 11.3 Å². The predicted octanol–water partition coefficient (Wildman–Crippen LogP) is 4.32. The van der Waals surface area contributed by atoms with Gasteiger partial charge in [-0.3, -0.25) is 9.59 Å². The average Bonchev–Trinajstić information content (AvgIpc) is 2.82. The molecule has 2 atom stereocenters. The van der Waals surface area contributed by atoms with Crippen LogP contribution in [0.4, 0.5) is 0 Å². The zero-order valence-electron chi connectivity index (χ0n) is 18.4. The fourth-order valence-corrected chi connectivity index (χ4v) is 4.92. The van der Waals surface area contributed by atoms with Crippen LogP contribution in [0, 0.1) is 24.2 Å². The molecule has 3 rings (SSSR count). The van der Waals surface area contributed by atoms with Gasteiger partial charge in [-0.05, 0) is 52.7 Å². The molecule has 0 bridgehead atoms. The summed E-state index contributed by atoms with van der Waals surface area (Å²) in [6.45, 7) is 2.38. The first-order chi connectivity index (χ1) is 15.9. The van der Waals surface area contributed by atoms with Gasteiger partial charge >= 0.3 is 5.97 Å². The van der Waals surface area contributed by atoms with Gasteiger partial charge in [0.25, 0.3) is 0 Å². The molecule has 2 aromatic carbocycles. The van der Waals surface area contributed by atoms with E-state index in [1.165, 1.54) is 18.9 Å². The van der Waals surface area contributed by atoms with Crippen molar-refractivity contribution in [2.45, 2.75) is 12.8 Å². The number of hydrogen-bond acceptors (Lipinski definition) is 7. The zero-order valence-corrected chi connectivity index (χ0v) is 20.8. The van der Waals surface area contributed by atoms with Crippen LogP contribution in [0.3, 0.4) is 0 Å². The first-order valence-corrected chi connectivity index (χ1v) is 11.9. The lowest BCUT2D eigenvalue weighted by molar-refractivity contribution is -0.150. The molecular weight excluding hydrogens is 508 g/mol. The predicted molar refractivity (Wildman–Crippen MR) is 129 cm³/mol. The summed E-state index contributed by atoms with van der Waals surface area (Å²) in [5.41, 5.74) is 2.06. The third-order valence-electron chi connectivity index (χ3n) is 5.14. The zero-order chi connectivity index (χ0) is 24.0. The van der Waals surface area contributed by atoms with Crippen molar-refractivity contribution < 1.29 is 23.8 Å². The van der Waals surface area contributed by atoms with Crippen molar-refractivity contribution in [1.82, 2.24) is 5.32 Å². The number of allylic oxidation sites excluding steroid dienone is 1. The normalized spacial score (nSPS) is 17.7. The van der Waals surface area contributed by atoms with E-state index in [1.807, 2.05) is 31.2 Å². The number of nitrogens with zero attached hydrogens (tertiary/aromatic N) is 1. The molecule has 1 aliphatic heterocycles. The van der Waals surface area contributed by atoms with E-state index in [1.54, 1.807) is 25.3 Å². The number of amides is 1. The molecule has 0 saturated carbocycles. The Morgan fingerprint density at radius 1 is 1.21 bits per heavy atom. The Bertz CT molecular complexity index is 1110. The maximum absolute atomic E-state index is 12.9. The number of methoxy groups -OCH3 is 2. The number of rotatable bonds is 8. The number of esters is 1. The largest absolute Gasteiger partial charge is 0.496 e. The van der Waals surface area contributed by atoms with Crippen LogP contribution in [0.15, 0.2) is 57.5 Å². The van der Waals surface area contributed by atoms with E-state index >= 15 is 0 Å². The molecular formula is C24H23BrN2O5S. The number of ether oxygens (including phenoxy) is 3. The second-order valence-electron chi connectivity index (χ2n) is 7.23. The van der Waals surface area contributed by atoms with Crippen LogP contribution in [-0.4, -0.2) is 38.5 Å². The molecule has 33 heavy (non-hydrogen) atoms. The van der Waals surface area contributed by atoms with Crippen molar-refractivity contribution in [3.63, 3.8) is 0 Å². The molecule has 0 unspecified atom stereocenters. The van der Waals surface area contributed by atoms with Gasteiger partial charge in [-0.15, -0.1) is 11.8 Å². The van der Waals surface area contributed by atoms with E-state index in [2.05, 4.69) is 27.3 Å². The van der Waals surface area contributed by atoms with E-state index in [0.29, 0.717) is 38.7 Å². The van der Waals surface area contributed by atoms with Crippen molar-refractivity contribution >= 4 is 39.6 Å². The Labute approximate surface area is 205 Å². The molecule has 2 aromatic rings. The van der Waals surface area contributed by atoms with Gasteiger partial charge in [-0.2, -0.15) is 5.26 Å². The summed E-state index contributed by atoms with van der Waals surface area (Å²) in [4.78, 5) is 25.4. The average molecular weight is 531 g/mol. The van der Waals surface area contributed by atoms with Crippen molar-refractivity contribution in [1.29, 1.82) is 5.26 Å². The maximum atomic E-state index is 12.9. The lowest BCUT2D eigenvalue weighted by Crippen LogP contribution is -2.44. The number of carbonyl (C=O) groups is 2. The molecule has 0 aliphatic carbocycles. The highest BCUT2D eigenvalue weighted by Gasteiger charge is 2.44. The Hall–Kier alpha value is -2.96. The van der Waals surface area contributed by atoms with Crippen LogP contribution in [0.2, 0.25) is 0 Å². The third-order valence-corrected chi connectivity index (χ3v) is 6.74. The molecule has 0 aromatic heterocycles. The summed E-state index contributed by atoms with van der Waals surface area (Å²) >= 11 is 4.73. The highest BCUT2D eigenvalue weighted by atomic mass is 79.9. The van der Waals surface area contributed by atoms with Crippen LogP contribution in [0.1, 0.15) is 17.0 Å². The van der Waals surface area contributed by atoms with Crippen LogP contribution < -0.4 is 14.8 Å². The molecule has 0 fully saturated rings. The SMILES string of the molecule is COC(=O)[C@@H]1C(=O)NC(SCCOc2ccc(C)cc2)=C(C#N)[C@@H]1c1ccc(OC)c(Br)c1. The van der Waals surface area contributed by atoms with Gasteiger partial charge in [0.05, 0.1) is 42.0 Å². The second kappa shape index (κ2) is 11.3. The highest BCUT2D eigenvalue weighted by Crippen LogP contribution is 2.42. The van der Waals surface area contributed by atoms with Crippen molar-refractivity contribution in [2.24, 2.45) is 5.92 Å². The molecule has 1 amide bonds. The summed E-state index contributed by atoms with van der Waals surface area (Å²) in [5, 5.41) is 13.1. The first kappa shape index (κ1) is 24.7. The monoisotopic (exact) mass is 530 g/mol. The minimum absolute atomic E-state index is 0.294. The number of nitriles is 1. The topological polar surface area (TPSA) is 97.7 Å². The third kappa shape index (κ3) is 5.70. The number of benzene rings is 2. The van der Waals surface area contributed by atoms with Crippen LogP contribution in [0.5, 0.6) is 11.5 Å². The molecule has 0 radical (unpaired) electrons. The molecule has 0 saturated heterocycles. The smallest absolute Gasteiger partial charge is 0.319 e. The minimum Gasteiger partial charge on any atom is -0.496 e. The van der Waals surface area contributed by atoms with E-state index in [9.17, 15) is 14.9 Å². The summed E-state index contributed by atoms with van der Waals surface area (Å²) in [7, 11) is 2.76. The molecule has 1 N–H and O–H groups in total. The highest BCUT2D eigenvalue weighted by molar-refractivity contribution is 9.10. The van der Waals surface area contributed by atoms with Crippen LogP contribution in [-0.2, 0) is 14.3 Å². The summed E-state index contributed by atoms with van der Waals surface area (Å²) in [6, 6.07) is 15.1. The molecule has 9 heteroatoms. The van der Waals surface area contributed by atoms with Crippen molar-refractivity contribution in [2.75, 3.05) is 26.6 Å². The molecule has 1 heterocycles. The molecule has 1 aliphatic rings. The van der Waals surface area contributed by atoms with Crippen molar-refractivity contribution in [3.05, 3.63) is 68.7 Å². The van der Waals surface area contributed by atoms with Gasteiger partial charge < -0.3 is 19.5 Å². The second-order valence-corrected chi connectivity index (χ2v) is 9.19. The number of hydrogen-bond donors (Lipinski definition) is 1. The lowest BCUT2D eigenvalue weighted by atomic mass is 9.78. The number of aryl methyl sites for hydroxylation is 1. The van der Waals surface area contributed by atoms with Crippen LogP contribution >= 0.6 is 27.7 Å². The van der Waals surface area contributed by atoms with Gasteiger partial charge in [0.1, 0.15) is 17.4 Å². The number of carbonyl (C=O) groups excluding carboxylic acids is 2. The van der Waals surface area contributed by atoms with Gasteiger partial charge in [-0.1, -0.05) is 23.8 Å². The maximum Gasteiger partial charge on any atom is 0.319 e. The van der Waals surface area contributed by atoms with Gasteiger partial charge in [-0.25, -0.2) is 0 Å². The minimum atomic E-state index is -1.18. The standard InChI is InChI=1S/C24H23BrN2O5S/c1-14-4-7-16(8-5-14)32-10-11-33-23-17(13-26)20(21(22(28)27-23)24(29)31-3)15-6-9-19(30-2)18(25)12-15/h4-9,12,20-21H,10-11H2,1-3H3,(H,27,28)/t20-,21-/m0/s1. The van der Waals surface area contributed by atoms with E-state index in [-0.39, 0.29) is 0 Å². The summed E-state index contributed by atoms with van der Waals surface area (Å²) < 4.78 is 16.5. The van der Waals surface area contributed by atoms with E-state index in [4.69, 9.17) is 14.2 Å². The first-order valence-electron chi connectivity index (χ1n) is 10.1. The Morgan fingerprint density at radius 3 is 2.55 bits per heavy atom. The van der Waals surface area contributed by atoms with Crippen molar-refractivity contribution in [3.8, 4) is 17.6 Å². The van der Waals surface area contributed by atoms with Gasteiger partial charge in [0, 0.05) is 11.7 Å². The molecule has 172 valence electrons. The Balaban J connectivity index is 1.87. The van der Waals surface area contributed by atoms with Gasteiger partial charge in [0.2, 0.25) is 5.91 Å².